The van der Waals surface area contributed by atoms with E-state index >= 15 is 0 Å². The summed E-state index contributed by atoms with van der Waals surface area (Å²) in [5.41, 5.74) is 0. The first kappa shape index (κ1) is 64.2. The smallest absolute Gasteiger partial charge is 0.387 e. The molecule has 9 heteroatoms. The van der Waals surface area contributed by atoms with E-state index in [0.29, 0.717) is 17.4 Å². The maximum Gasteiger partial charge on any atom is 0.472 e. The largest absolute Gasteiger partial charge is 0.472 e. The number of phosphoric acid groups is 1. The van der Waals surface area contributed by atoms with Crippen LogP contribution < -0.4 is 5.32 Å². The van der Waals surface area contributed by atoms with Crippen molar-refractivity contribution in [2.45, 2.75) is 257 Å². The van der Waals surface area contributed by atoms with Crippen molar-refractivity contribution in [3.63, 3.8) is 0 Å². The van der Waals surface area contributed by atoms with Crippen LogP contribution in [-0.4, -0.2) is 73.4 Å². The summed E-state index contributed by atoms with van der Waals surface area (Å²) in [5.74, 6) is -0.177. The van der Waals surface area contributed by atoms with Gasteiger partial charge in [0, 0.05) is 6.42 Å². The van der Waals surface area contributed by atoms with Crippen LogP contribution in [0.4, 0.5) is 0 Å². The quantitative estimate of drug-likeness (QED) is 0.0243. The third kappa shape index (κ3) is 50.1. The van der Waals surface area contributed by atoms with Crippen LogP contribution in [0.5, 0.6) is 0 Å². The molecule has 1 amide bonds. The van der Waals surface area contributed by atoms with E-state index in [1.807, 2.05) is 27.2 Å². The van der Waals surface area contributed by atoms with Crippen molar-refractivity contribution in [3.05, 3.63) is 60.8 Å². The lowest BCUT2D eigenvalue weighted by molar-refractivity contribution is -0.870. The predicted octanol–water partition coefficient (Wildman–Crippen LogP) is 16.5. The van der Waals surface area contributed by atoms with Gasteiger partial charge in [-0.2, -0.15) is 0 Å². The molecule has 3 atom stereocenters. The molecule has 0 heterocycles. The molecule has 66 heavy (non-hydrogen) atoms. The fraction of sp³-hybridized carbons (Fsp3) is 0.807. The Hall–Kier alpha value is -1.80. The number of carbonyl (C=O) groups excluding carboxylic acids is 1. The summed E-state index contributed by atoms with van der Waals surface area (Å²) >= 11 is 0. The van der Waals surface area contributed by atoms with Crippen LogP contribution >= 0.6 is 7.82 Å². The summed E-state index contributed by atoms with van der Waals surface area (Å²) in [6, 6.07) is -0.845. The normalized spacial score (nSPS) is 14.5. The van der Waals surface area contributed by atoms with Gasteiger partial charge in [-0.05, 0) is 57.8 Å². The van der Waals surface area contributed by atoms with Crippen molar-refractivity contribution in [1.82, 2.24) is 5.32 Å². The molecule has 0 aliphatic carbocycles. The van der Waals surface area contributed by atoms with Crippen LogP contribution in [0.25, 0.3) is 0 Å². The number of phosphoric ester groups is 1. The van der Waals surface area contributed by atoms with Crippen molar-refractivity contribution in [1.29, 1.82) is 0 Å². The van der Waals surface area contributed by atoms with Gasteiger partial charge in [0.25, 0.3) is 0 Å². The lowest BCUT2D eigenvalue weighted by Crippen LogP contribution is -2.45. The summed E-state index contributed by atoms with van der Waals surface area (Å²) in [6.07, 6.45) is 64.7. The lowest BCUT2D eigenvalue weighted by atomic mass is 10.0. The Morgan fingerprint density at radius 1 is 0.530 bits per heavy atom. The summed E-state index contributed by atoms with van der Waals surface area (Å²) in [5, 5.41) is 13.8. The third-order valence-electron chi connectivity index (χ3n) is 12.2. The maximum atomic E-state index is 12.9. The zero-order chi connectivity index (χ0) is 48.5. The number of nitrogens with zero attached hydrogens (tertiary/aromatic N) is 1. The Labute approximate surface area is 409 Å². The number of amides is 1. The maximum absolute atomic E-state index is 12.9. The van der Waals surface area contributed by atoms with E-state index in [1.165, 1.54) is 161 Å². The van der Waals surface area contributed by atoms with Crippen molar-refractivity contribution in [3.8, 4) is 0 Å². The van der Waals surface area contributed by atoms with Gasteiger partial charge < -0.3 is 19.8 Å². The molecular weight excluding hydrogens is 840 g/mol. The molecule has 0 saturated heterocycles. The van der Waals surface area contributed by atoms with Gasteiger partial charge >= 0.3 is 7.82 Å². The number of nitrogens with one attached hydrogen (secondary N) is 1. The molecule has 0 bridgehead atoms. The monoisotopic (exact) mass is 948 g/mol. The number of aliphatic hydroxyl groups excluding tert-OH is 1. The fourth-order valence-corrected chi connectivity index (χ4v) is 8.65. The number of hydrogen-bond donors (Lipinski definition) is 3. The van der Waals surface area contributed by atoms with Crippen LogP contribution in [0.3, 0.4) is 0 Å². The van der Waals surface area contributed by atoms with Gasteiger partial charge in [-0.3, -0.25) is 13.8 Å². The molecule has 3 N–H and O–H groups in total. The number of allylic oxidation sites excluding steroid dienone is 9. The van der Waals surface area contributed by atoms with E-state index in [1.54, 1.807) is 6.08 Å². The highest BCUT2D eigenvalue weighted by atomic mass is 31.2. The molecule has 0 radical (unpaired) electrons. The van der Waals surface area contributed by atoms with Crippen molar-refractivity contribution in [2.75, 3.05) is 40.9 Å². The fourth-order valence-electron chi connectivity index (χ4n) is 7.92. The Balaban J connectivity index is 3.98. The molecule has 0 spiro atoms. The van der Waals surface area contributed by atoms with Crippen LogP contribution in [0.15, 0.2) is 60.8 Å². The van der Waals surface area contributed by atoms with E-state index in [4.69, 9.17) is 9.05 Å². The zero-order valence-corrected chi connectivity index (χ0v) is 44.8. The van der Waals surface area contributed by atoms with Gasteiger partial charge in [0.05, 0.1) is 39.9 Å². The number of quaternary nitrogens is 1. The minimum absolute atomic E-state index is 0.0615. The zero-order valence-electron chi connectivity index (χ0n) is 43.9. The Morgan fingerprint density at radius 3 is 1.33 bits per heavy atom. The van der Waals surface area contributed by atoms with Crippen molar-refractivity contribution >= 4 is 13.7 Å². The average molecular weight is 948 g/mol. The van der Waals surface area contributed by atoms with Crippen LogP contribution in [0.1, 0.15) is 245 Å². The first-order valence-electron chi connectivity index (χ1n) is 27.7. The SMILES string of the molecule is CC/C=C\C/C=C\C/C=C\C/C=C\CCCCCCCCCCCCCCCCCCCCCCC(=O)NC(COP(=O)(O)OCC[N+](C)(C)C)C(O)/C=C/CCCCCCCCCCC. The number of likely N-dealkylation sites (N-methyl/N-ethyl adjacent to an activating group) is 1. The average Bonchev–Trinajstić information content (AvgIpc) is 3.28. The predicted molar refractivity (Wildman–Crippen MR) is 286 cm³/mol. The molecule has 8 nitrogen and oxygen atoms in total. The van der Waals surface area contributed by atoms with Crippen molar-refractivity contribution in [2.24, 2.45) is 0 Å². The van der Waals surface area contributed by atoms with Crippen LogP contribution in [0.2, 0.25) is 0 Å². The van der Waals surface area contributed by atoms with Crippen molar-refractivity contribution < 1.29 is 32.9 Å². The lowest BCUT2D eigenvalue weighted by Gasteiger charge is -2.25. The molecule has 0 fully saturated rings. The minimum atomic E-state index is -4.34. The topological polar surface area (TPSA) is 105 Å². The molecular formula is C57H108N2O6P+. The number of aliphatic hydroxyl groups is 1. The number of rotatable bonds is 50. The summed E-state index contributed by atoms with van der Waals surface area (Å²) < 4.78 is 23.6. The highest BCUT2D eigenvalue weighted by Crippen LogP contribution is 2.43. The van der Waals surface area contributed by atoms with E-state index in [0.717, 1.165) is 64.2 Å². The summed E-state index contributed by atoms with van der Waals surface area (Å²) in [4.78, 5) is 23.2. The summed E-state index contributed by atoms with van der Waals surface area (Å²) in [7, 11) is 1.57. The Kier molecular flexibility index (Phi) is 46.9. The number of carbonyl (C=O) groups is 1. The summed E-state index contributed by atoms with van der Waals surface area (Å²) in [6.45, 7) is 4.70. The molecule has 0 aliphatic rings. The Morgan fingerprint density at radius 2 is 0.909 bits per heavy atom. The van der Waals surface area contributed by atoms with Gasteiger partial charge in [-0.15, -0.1) is 0 Å². The number of hydrogen-bond acceptors (Lipinski definition) is 5. The second-order valence-electron chi connectivity index (χ2n) is 19.9. The van der Waals surface area contributed by atoms with E-state index in [-0.39, 0.29) is 19.1 Å². The first-order valence-corrected chi connectivity index (χ1v) is 29.2. The molecule has 0 saturated carbocycles. The molecule has 0 aliphatic heterocycles. The van der Waals surface area contributed by atoms with Crippen LogP contribution in [-0.2, 0) is 18.4 Å². The molecule has 3 unspecified atom stereocenters. The standard InChI is InChI=1S/C57H107N2O6P/c1-6-8-10-12-14-16-18-19-20-21-22-23-24-25-26-27-28-29-30-31-32-33-34-35-36-37-38-39-41-43-45-47-49-51-57(61)58-55(54-65-66(62,63)64-53-52-59(3,4)5)56(60)50-48-46-44-42-40-17-15-13-11-9-7-2/h8,10,14,16,19-20,22-23,48,50,55-56,60H,6-7,9,11-13,15,17-18,21,24-47,49,51-54H2,1-5H3,(H-,58,61,62,63)/p+1/b10-8-,16-14-,20-19-,23-22-,50-48+. The van der Waals surface area contributed by atoms with Crippen LogP contribution in [0, 0.1) is 0 Å². The highest BCUT2D eigenvalue weighted by Gasteiger charge is 2.27. The van der Waals surface area contributed by atoms with E-state index in [2.05, 4.69) is 67.8 Å². The van der Waals surface area contributed by atoms with Gasteiger partial charge in [-0.1, -0.05) is 242 Å². The molecule has 0 aromatic rings. The second kappa shape index (κ2) is 48.2. The van der Waals surface area contributed by atoms with Gasteiger partial charge in [0.1, 0.15) is 13.2 Å². The van der Waals surface area contributed by atoms with E-state index < -0.39 is 20.0 Å². The Bertz CT molecular complexity index is 1260. The third-order valence-corrected chi connectivity index (χ3v) is 13.2. The van der Waals surface area contributed by atoms with Gasteiger partial charge in [0.2, 0.25) is 5.91 Å². The molecule has 386 valence electrons. The molecule has 0 aromatic carbocycles. The number of unbranched alkanes of at least 4 members (excludes halogenated alkanes) is 29. The van der Waals surface area contributed by atoms with Gasteiger partial charge in [-0.25, -0.2) is 4.57 Å². The highest BCUT2D eigenvalue weighted by molar-refractivity contribution is 7.47. The first-order chi connectivity index (χ1) is 32.0. The van der Waals surface area contributed by atoms with Gasteiger partial charge in [0.15, 0.2) is 0 Å². The van der Waals surface area contributed by atoms with E-state index in [9.17, 15) is 19.4 Å². The molecule has 0 aromatic heterocycles. The second-order valence-corrected chi connectivity index (χ2v) is 21.4. The minimum Gasteiger partial charge on any atom is -0.387 e. The molecule has 0 rings (SSSR count).